The number of rotatable bonds is 5. The second-order valence-corrected chi connectivity index (χ2v) is 5.37. The number of halogens is 2. The zero-order chi connectivity index (χ0) is 15.9. The number of ether oxygens (including phenoxy) is 2. The standard InChI is InChI=1S/C17H14BrFO3/c1-21-16-8-5-14(18)10-13(16)4-9-17(20)22-11-12-2-6-15(19)7-3-12/h2-10H,11H2,1H3/b9-4+. The molecule has 0 radical (unpaired) electrons. The highest BCUT2D eigenvalue weighted by atomic mass is 79.9. The summed E-state index contributed by atoms with van der Waals surface area (Å²) in [4.78, 5) is 11.7. The molecule has 0 atom stereocenters. The van der Waals surface area contributed by atoms with E-state index in [4.69, 9.17) is 9.47 Å². The van der Waals surface area contributed by atoms with Gasteiger partial charge in [0.1, 0.15) is 18.2 Å². The fourth-order valence-electron chi connectivity index (χ4n) is 1.78. The first-order valence-electron chi connectivity index (χ1n) is 6.51. The molecule has 0 N–H and O–H groups in total. The molecule has 0 aliphatic rings. The number of benzene rings is 2. The van der Waals surface area contributed by atoms with Gasteiger partial charge in [-0.3, -0.25) is 0 Å². The van der Waals surface area contributed by atoms with Gasteiger partial charge in [-0.05, 0) is 42.0 Å². The van der Waals surface area contributed by atoms with E-state index in [-0.39, 0.29) is 12.4 Å². The summed E-state index contributed by atoms with van der Waals surface area (Å²) in [5, 5.41) is 0. The van der Waals surface area contributed by atoms with Gasteiger partial charge in [-0.25, -0.2) is 9.18 Å². The van der Waals surface area contributed by atoms with E-state index in [1.165, 1.54) is 18.2 Å². The molecule has 114 valence electrons. The van der Waals surface area contributed by atoms with Gasteiger partial charge in [0.2, 0.25) is 0 Å². The van der Waals surface area contributed by atoms with E-state index in [1.807, 2.05) is 12.1 Å². The lowest BCUT2D eigenvalue weighted by atomic mass is 10.2. The van der Waals surface area contributed by atoms with Crippen molar-refractivity contribution in [1.29, 1.82) is 0 Å². The Balaban J connectivity index is 1.96. The van der Waals surface area contributed by atoms with Crippen LogP contribution in [0.15, 0.2) is 53.0 Å². The Kier molecular flexibility index (Phi) is 5.72. The van der Waals surface area contributed by atoms with Crippen LogP contribution < -0.4 is 4.74 Å². The van der Waals surface area contributed by atoms with Crippen molar-refractivity contribution >= 4 is 28.0 Å². The normalized spacial score (nSPS) is 10.7. The molecule has 0 saturated carbocycles. The van der Waals surface area contributed by atoms with Crippen LogP contribution in [0.2, 0.25) is 0 Å². The number of carbonyl (C=O) groups excluding carboxylic acids is 1. The lowest BCUT2D eigenvalue weighted by Crippen LogP contribution is -2.00. The largest absolute Gasteiger partial charge is 0.496 e. The summed E-state index contributed by atoms with van der Waals surface area (Å²) in [6.45, 7) is 0.0963. The molecule has 0 fully saturated rings. The SMILES string of the molecule is COc1ccc(Br)cc1/C=C/C(=O)OCc1ccc(F)cc1. The maximum absolute atomic E-state index is 12.8. The zero-order valence-corrected chi connectivity index (χ0v) is 13.5. The van der Waals surface area contributed by atoms with Crippen LogP contribution in [-0.2, 0) is 16.1 Å². The average Bonchev–Trinajstić information content (AvgIpc) is 2.52. The summed E-state index contributed by atoms with van der Waals surface area (Å²) in [5.74, 6) is -0.145. The highest BCUT2D eigenvalue weighted by molar-refractivity contribution is 9.10. The van der Waals surface area contributed by atoms with Crippen molar-refractivity contribution in [1.82, 2.24) is 0 Å². The summed E-state index contributed by atoms with van der Waals surface area (Å²) < 4.78 is 24.0. The van der Waals surface area contributed by atoms with Crippen LogP contribution in [-0.4, -0.2) is 13.1 Å². The van der Waals surface area contributed by atoms with E-state index < -0.39 is 5.97 Å². The van der Waals surface area contributed by atoms with Crippen molar-refractivity contribution in [3.63, 3.8) is 0 Å². The highest BCUT2D eigenvalue weighted by Gasteiger charge is 2.03. The summed E-state index contributed by atoms with van der Waals surface area (Å²) >= 11 is 3.36. The Morgan fingerprint density at radius 1 is 1.23 bits per heavy atom. The Morgan fingerprint density at radius 3 is 2.64 bits per heavy atom. The minimum absolute atomic E-state index is 0.0963. The molecule has 2 rings (SSSR count). The maximum atomic E-state index is 12.8. The van der Waals surface area contributed by atoms with E-state index in [1.54, 1.807) is 31.4 Å². The van der Waals surface area contributed by atoms with Crippen LogP contribution >= 0.6 is 15.9 Å². The Labute approximate surface area is 136 Å². The molecule has 0 amide bonds. The lowest BCUT2D eigenvalue weighted by molar-refractivity contribution is -0.138. The zero-order valence-electron chi connectivity index (χ0n) is 11.9. The van der Waals surface area contributed by atoms with Gasteiger partial charge >= 0.3 is 5.97 Å². The van der Waals surface area contributed by atoms with Gasteiger partial charge in [0.15, 0.2) is 0 Å². The number of methoxy groups -OCH3 is 1. The molecule has 5 heteroatoms. The molecule has 2 aromatic carbocycles. The van der Waals surface area contributed by atoms with E-state index in [0.29, 0.717) is 5.75 Å². The van der Waals surface area contributed by atoms with Crippen molar-refractivity contribution in [2.75, 3.05) is 7.11 Å². The predicted molar refractivity (Wildman–Crippen MR) is 85.9 cm³/mol. The molecule has 0 spiro atoms. The molecule has 0 aromatic heterocycles. The molecule has 0 aliphatic carbocycles. The molecule has 3 nitrogen and oxygen atoms in total. The van der Waals surface area contributed by atoms with Gasteiger partial charge in [-0.15, -0.1) is 0 Å². The summed E-state index contributed by atoms with van der Waals surface area (Å²) in [7, 11) is 1.56. The number of hydrogen-bond acceptors (Lipinski definition) is 3. The smallest absolute Gasteiger partial charge is 0.331 e. The topological polar surface area (TPSA) is 35.5 Å². The monoisotopic (exact) mass is 364 g/mol. The Hall–Kier alpha value is -2.14. The van der Waals surface area contributed by atoms with Crippen LogP contribution in [0.5, 0.6) is 5.75 Å². The molecule has 0 unspecified atom stereocenters. The van der Waals surface area contributed by atoms with Crippen molar-refractivity contribution in [2.45, 2.75) is 6.61 Å². The third-order valence-electron chi connectivity index (χ3n) is 2.89. The fraction of sp³-hybridized carbons (Fsp3) is 0.118. The first kappa shape index (κ1) is 16.2. The molecular weight excluding hydrogens is 351 g/mol. The summed E-state index contributed by atoms with van der Waals surface area (Å²) in [5.41, 5.74) is 1.48. The van der Waals surface area contributed by atoms with Crippen LogP contribution in [0.1, 0.15) is 11.1 Å². The average molecular weight is 365 g/mol. The molecule has 0 saturated heterocycles. The Bertz CT molecular complexity index is 681. The third-order valence-corrected chi connectivity index (χ3v) is 3.38. The molecular formula is C17H14BrFO3. The van der Waals surface area contributed by atoms with Gasteiger partial charge in [-0.1, -0.05) is 28.1 Å². The molecule has 0 aliphatic heterocycles. The van der Waals surface area contributed by atoms with Crippen LogP contribution in [0.25, 0.3) is 6.08 Å². The molecule has 0 heterocycles. The summed E-state index contributed by atoms with van der Waals surface area (Å²) in [6.07, 6.45) is 2.95. The second-order valence-electron chi connectivity index (χ2n) is 4.45. The van der Waals surface area contributed by atoms with Gasteiger partial charge in [0, 0.05) is 16.1 Å². The molecule has 0 bridgehead atoms. The Morgan fingerprint density at radius 2 is 1.95 bits per heavy atom. The minimum Gasteiger partial charge on any atom is -0.496 e. The molecule has 2 aromatic rings. The van der Waals surface area contributed by atoms with E-state index >= 15 is 0 Å². The minimum atomic E-state index is -0.480. The van der Waals surface area contributed by atoms with Crippen molar-refractivity contribution in [3.8, 4) is 5.75 Å². The second kappa shape index (κ2) is 7.75. The lowest BCUT2D eigenvalue weighted by Gasteiger charge is -2.05. The quantitative estimate of drug-likeness (QED) is 0.584. The maximum Gasteiger partial charge on any atom is 0.331 e. The van der Waals surface area contributed by atoms with Crippen LogP contribution in [0.4, 0.5) is 4.39 Å². The molecule has 22 heavy (non-hydrogen) atoms. The summed E-state index contributed by atoms with van der Waals surface area (Å²) in [6, 6.07) is 11.3. The fourth-order valence-corrected chi connectivity index (χ4v) is 2.16. The number of esters is 1. The van der Waals surface area contributed by atoms with Gasteiger partial charge in [0.25, 0.3) is 0 Å². The van der Waals surface area contributed by atoms with Crippen molar-refractivity contribution < 1.29 is 18.7 Å². The van der Waals surface area contributed by atoms with E-state index in [9.17, 15) is 9.18 Å². The van der Waals surface area contributed by atoms with Gasteiger partial charge in [0.05, 0.1) is 7.11 Å². The van der Waals surface area contributed by atoms with Crippen LogP contribution in [0, 0.1) is 5.82 Å². The van der Waals surface area contributed by atoms with E-state index in [0.717, 1.165) is 15.6 Å². The van der Waals surface area contributed by atoms with Crippen molar-refractivity contribution in [3.05, 3.63) is 70.0 Å². The third kappa shape index (κ3) is 4.70. The van der Waals surface area contributed by atoms with Crippen molar-refractivity contribution in [2.24, 2.45) is 0 Å². The first-order valence-corrected chi connectivity index (χ1v) is 7.30. The number of hydrogen-bond donors (Lipinski definition) is 0. The number of carbonyl (C=O) groups is 1. The first-order chi connectivity index (χ1) is 10.6. The van der Waals surface area contributed by atoms with E-state index in [2.05, 4.69) is 15.9 Å². The predicted octanol–water partition coefficient (Wildman–Crippen LogP) is 4.35. The van der Waals surface area contributed by atoms with Gasteiger partial charge in [-0.2, -0.15) is 0 Å². The highest BCUT2D eigenvalue weighted by Crippen LogP contribution is 2.24. The van der Waals surface area contributed by atoms with Gasteiger partial charge < -0.3 is 9.47 Å². The van der Waals surface area contributed by atoms with Crippen LogP contribution in [0.3, 0.4) is 0 Å².